The minimum atomic E-state index is 0. The van der Waals surface area contributed by atoms with E-state index in [-0.39, 0.29) is 29.1 Å². The zero-order valence-corrected chi connectivity index (χ0v) is 4.52. The monoisotopic (exact) mass is 132 g/mol. The Morgan fingerprint density at radius 2 is 1.33 bits per heavy atom. The van der Waals surface area contributed by atoms with E-state index >= 15 is 0 Å². The molecular formula is C3H9CoN2. The molecule has 0 aromatic rings. The molecule has 0 saturated heterocycles. The predicted molar refractivity (Wildman–Crippen MR) is 26.1 cm³/mol. The topological polar surface area (TPSA) is 67.0 Å². The van der Waals surface area contributed by atoms with Gasteiger partial charge in [-0.2, -0.15) is 0 Å². The molecule has 4 N–H and O–H groups in total. The van der Waals surface area contributed by atoms with Crippen molar-refractivity contribution in [3.63, 3.8) is 0 Å². The fraction of sp³-hybridized carbons (Fsp3) is 0. The average molecular weight is 132 g/mol. The van der Waals surface area contributed by atoms with Crippen molar-refractivity contribution in [3.05, 3.63) is 31.9 Å². The summed E-state index contributed by atoms with van der Waals surface area (Å²) in [6.45, 7) is 6.50. The third kappa shape index (κ3) is 27900. The molecule has 0 aromatic carbocycles. The van der Waals surface area contributed by atoms with E-state index in [0.29, 0.717) is 0 Å². The zero-order chi connectivity index (χ0) is 2.71. The number of hydrogen-bond donors (Lipinski definition) is 0. The molecule has 0 unspecified atom stereocenters. The van der Waals surface area contributed by atoms with Crippen LogP contribution < -0.4 is 0 Å². The molecule has 0 atom stereocenters. The molecule has 0 aliphatic carbocycles. The van der Waals surface area contributed by atoms with Crippen molar-refractivity contribution in [3.8, 4) is 0 Å². The molecule has 3 heteroatoms. The van der Waals surface area contributed by atoms with Gasteiger partial charge in [0.25, 0.3) is 0 Å². The van der Waals surface area contributed by atoms with Gasteiger partial charge >= 0.3 is 16.8 Å². The van der Waals surface area contributed by atoms with E-state index in [2.05, 4.69) is 13.5 Å². The van der Waals surface area contributed by atoms with Crippen LogP contribution in [0.2, 0.25) is 0 Å². The first-order valence-electron chi connectivity index (χ1n) is 0.816. The molecule has 0 aliphatic heterocycles. The molecule has 0 aliphatic rings. The third-order valence-electron chi connectivity index (χ3n) is 0. The van der Waals surface area contributed by atoms with E-state index < -0.39 is 0 Å². The van der Waals surface area contributed by atoms with E-state index in [1.807, 2.05) is 0 Å². The minimum absolute atomic E-state index is 0. The van der Waals surface area contributed by atoms with E-state index in [1.54, 1.807) is 0 Å². The Kier molecular flexibility index (Phi) is 470. The molecule has 6 heavy (non-hydrogen) atoms. The first kappa shape index (κ1) is 36.9. The summed E-state index contributed by atoms with van der Waals surface area (Å²) in [7, 11) is 0. The molecule has 0 rings (SSSR count). The largest absolute Gasteiger partial charge is 3.00 e. The molecule has 2 nitrogen and oxygen atoms in total. The molecule has 0 spiro atoms. The third-order valence-corrected chi connectivity index (χ3v) is 0. The summed E-state index contributed by atoms with van der Waals surface area (Å²) in [5.41, 5.74) is 0. The first-order valence-corrected chi connectivity index (χ1v) is 0.816. The van der Waals surface area contributed by atoms with Crippen LogP contribution in [0.3, 0.4) is 0 Å². The number of nitrogens with two attached hydrogens (primary N) is 2. The van der Waals surface area contributed by atoms with Crippen molar-refractivity contribution in [2.75, 3.05) is 0 Å². The van der Waals surface area contributed by atoms with Crippen molar-refractivity contribution >= 4 is 0 Å². The fourth-order valence-corrected chi connectivity index (χ4v) is 0. The van der Waals surface area contributed by atoms with Gasteiger partial charge in [0.05, 0.1) is 0 Å². The molecular weight excluding hydrogens is 123 g/mol. The van der Waals surface area contributed by atoms with Gasteiger partial charge < -0.3 is 12.3 Å². The van der Waals surface area contributed by atoms with Crippen LogP contribution in [0.15, 0.2) is 12.7 Å². The fourth-order valence-electron chi connectivity index (χ4n) is 0. The van der Waals surface area contributed by atoms with Crippen molar-refractivity contribution in [1.82, 2.24) is 0 Å². The quantitative estimate of drug-likeness (QED) is 0.454. The second kappa shape index (κ2) is 76.4. The van der Waals surface area contributed by atoms with E-state index in [0.717, 1.165) is 0 Å². The van der Waals surface area contributed by atoms with Gasteiger partial charge in [-0.25, -0.2) is 19.6 Å². The van der Waals surface area contributed by atoms with E-state index in [4.69, 9.17) is 0 Å². The Hall–Kier alpha value is 0.0365. The molecule has 0 radical (unpaired) electrons. The van der Waals surface area contributed by atoms with Gasteiger partial charge in [-0.05, 0) is 0 Å². The van der Waals surface area contributed by atoms with Crippen molar-refractivity contribution in [2.45, 2.75) is 0 Å². The van der Waals surface area contributed by atoms with Crippen molar-refractivity contribution < 1.29 is 16.8 Å². The SMILES string of the molecule is C=C[CH2-].[Co+3].[NH2-].[NH2-]. The van der Waals surface area contributed by atoms with Gasteiger partial charge in [-0.15, -0.1) is 0 Å². The van der Waals surface area contributed by atoms with Crippen LogP contribution in [-0.2, 0) is 16.8 Å². The van der Waals surface area contributed by atoms with Gasteiger partial charge in [-0.3, -0.25) is 0 Å². The number of hydrogen-bond acceptors (Lipinski definition) is 0. The molecule has 0 aromatic heterocycles. The van der Waals surface area contributed by atoms with Crippen molar-refractivity contribution in [2.24, 2.45) is 0 Å². The summed E-state index contributed by atoms with van der Waals surface area (Å²) >= 11 is 0. The zero-order valence-electron chi connectivity index (χ0n) is 3.48. The van der Waals surface area contributed by atoms with Gasteiger partial charge in [0, 0.05) is 0 Å². The van der Waals surface area contributed by atoms with Gasteiger partial charge in [-0.1, -0.05) is 0 Å². The van der Waals surface area contributed by atoms with Crippen LogP contribution in [0.5, 0.6) is 0 Å². The maximum Gasteiger partial charge on any atom is 3.00 e. The Labute approximate surface area is 49.4 Å². The Morgan fingerprint density at radius 1 is 1.33 bits per heavy atom. The second-order valence-corrected chi connectivity index (χ2v) is 0.289. The average Bonchev–Trinajstić information content (AvgIpc) is 0.918. The van der Waals surface area contributed by atoms with Crippen LogP contribution in [-0.4, -0.2) is 0 Å². The van der Waals surface area contributed by atoms with Crippen LogP contribution in [0.25, 0.3) is 12.3 Å². The standard InChI is InChI=1S/C3H5.Co.2H2N/c1-3-2;;;/h3H,1-2H2;;2*1H2/q-1;+3;2*-1. The number of allylic oxidation sites excluding steroid dienone is 1. The van der Waals surface area contributed by atoms with Crippen molar-refractivity contribution in [1.29, 1.82) is 0 Å². The molecule has 40 valence electrons. The minimum Gasteiger partial charge on any atom is -0.693 e. The van der Waals surface area contributed by atoms with Crippen LogP contribution in [0.4, 0.5) is 0 Å². The molecule has 0 fully saturated rings. The van der Waals surface area contributed by atoms with Gasteiger partial charge in [0.1, 0.15) is 0 Å². The summed E-state index contributed by atoms with van der Waals surface area (Å²) in [5, 5.41) is 0. The predicted octanol–water partition coefficient (Wildman–Crippen LogP) is 2.44. The Morgan fingerprint density at radius 3 is 1.33 bits per heavy atom. The molecule has 0 bridgehead atoms. The normalized spacial score (nSPS) is 2.00. The smallest absolute Gasteiger partial charge is 0.693 e. The van der Waals surface area contributed by atoms with Gasteiger partial charge in [0.2, 0.25) is 0 Å². The maximum atomic E-state index is 3.25. The summed E-state index contributed by atoms with van der Waals surface area (Å²) in [6.07, 6.45) is 1.50. The summed E-state index contributed by atoms with van der Waals surface area (Å²) in [4.78, 5) is 0. The van der Waals surface area contributed by atoms with E-state index in [1.165, 1.54) is 6.08 Å². The summed E-state index contributed by atoms with van der Waals surface area (Å²) in [6, 6.07) is 0. The molecule has 0 heterocycles. The van der Waals surface area contributed by atoms with Crippen LogP contribution in [0.1, 0.15) is 0 Å². The van der Waals surface area contributed by atoms with Gasteiger partial charge in [0.15, 0.2) is 0 Å². The summed E-state index contributed by atoms with van der Waals surface area (Å²) < 4.78 is 0. The number of rotatable bonds is 0. The van der Waals surface area contributed by atoms with E-state index in [9.17, 15) is 0 Å². The molecule has 0 amide bonds. The molecule has 0 saturated carbocycles. The summed E-state index contributed by atoms with van der Waals surface area (Å²) in [5.74, 6) is 0. The Bertz CT molecular complexity index is 16.3. The van der Waals surface area contributed by atoms with Crippen LogP contribution in [0, 0.1) is 6.92 Å². The second-order valence-electron chi connectivity index (χ2n) is 0.289. The van der Waals surface area contributed by atoms with Crippen LogP contribution >= 0.6 is 0 Å². The maximum absolute atomic E-state index is 3.25. The first-order chi connectivity index (χ1) is 1.41. The Balaban J connectivity index is -0.00000000667.